The van der Waals surface area contributed by atoms with E-state index in [0.29, 0.717) is 5.56 Å². The second-order valence-corrected chi connectivity index (χ2v) is 8.52. The Morgan fingerprint density at radius 3 is 2.56 bits per heavy atom. The lowest BCUT2D eigenvalue weighted by molar-refractivity contribution is 0.102. The maximum Gasteiger partial charge on any atom is 0.280 e. The van der Waals surface area contributed by atoms with E-state index in [-0.39, 0.29) is 44.9 Å². The number of anilines is 1. The van der Waals surface area contributed by atoms with Crippen molar-refractivity contribution in [2.45, 2.75) is 13.0 Å². The van der Waals surface area contributed by atoms with Crippen LogP contribution in [0.4, 0.5) is 19.0 Å². The van der Waals surface area contributed by atoms with E-state index in [4.69, 9.17) is 23.2 Å². The van der Waals surface area contributed by atoms with E-state index in [1.165, 1.54) is 29.1 Å². The number of fused-ring (bicyclic) bond motifs is 1. The zero-order valence-corrected chi connectivity index (χ0v) is 19.7. The largest absolute Gasteiger partial charge is 0.304 e. The summed E-state index contributed by atoms with van der Waals surface area (Å²) in [6, 6.07) is 14.3. The lowest BCUT2D eigenvalue weighted by Gasteiger charge is -2.08. The zero-order chi connectivity index (χ0) is 25.4. The predicted molar refractivity (Wildman–Crippen MR) is 129 cm³/mol. The number of hydrogen-bond donors (Lipinski definition) is 1. The van der Waals surface area contributed by atoms with Crippen LogP contribution in [0.3, 0.4) is 0 Å². The summed E-state index contributed by atoms with van der Waals surface area (Å²) >= 11 is 12.3. The van der Waals surface area contributed by atoms with Crippen LogP contribution in [0.2, 0.25) is 10.0 Å². The highest BCUT2D eigenvalue weighted by atomic mass is 35.5. The molecule has 1 N–H and O–H groups in total. The summed E-state index contributed by atoms with van der Waals surface area (Å²) in [6.07, 6.45) is -0.317. The van der Waals surface area contributed by atoms with Crippen molar-refractivity contribution in [1.29, 1.82) is 0 Å². The average molecular weight is 531 g/mol. The van der Waals surface area contributed by atoms with Crippen molar-refractivity contribution in [3.63, 3.8) is 0 Å². The van der Waals surface area contributed by atoms with E-state index in [1.54, 1.807) is 36.4 Å². The summed E-state index contributed by atoms with van der Waals surface area (Å²) in [5, 5.41) is 11.0. The van der Waals surface area contributed by atoms with Crippen LogP contribution >= 0.6 is 23.2 Å². The fraction of sp³-hybridized carbons (Fsp3) is 0.0833. The monoisotopic (exact) mass is 530 g/mol. The van der Waals surface area contributed by atoms with Crippen molar-refractivity contribution >= 4 is 40.6 Å². The molecular weight excluding hydrogens is 516 g/mol. The van der Waals surface area contributed by atoms with Gasteiger partial charge in [-0.2, -0.15) is 10.2 Å². The number of amides is 1. The van der Waals surface area contributed by atoms with E-state index in [1.807, 2.05) is 0 Å². The molecule has 0 saturated heterocycles. The molecule has 0 fully saturated rings. The molecule has 12 heteroatoms. The van der Waals surface area contributed by atoms with Gasteiger partial charge in [0.25, 0.3) is 12.3 Å². The van der Waals surface area contributed by atoms with Gasteiger partial charge in [-0.15, -0.1) is 0 Å². The van der Waals surface area contributed by atoms with Crippen molar-refractivity contribution in [2.24, 2.45) is 0 Å². The summed E-state index contributed by atoms with van der Waals surface area (Å²) in [4.78, 5) is 17.5. The Balaban J connectivity index is 1.47. The molecule has 3 heterocycles. The Hall–Kier alpha value is -3.89. The summed E-state index contributed by atoms with van der Waals surface area (Å²) in [7, 11) is 0. The third kappa shape index (κ3) is 4.52. The molecule has 0 radical (unpaired) electrons. The number of nitrogens with one attached hydrogen (secondary N) is 1. The van der Waals surface area contributed by atoms with Gasteiger partial charge in [0.15, 0.2) is 11.5 Å². The molecule has 0 saturated carbocycles. The van der Waals surface area contributed by atoms with Crippen LogP contribution in [-0.4, -0.2) is 30.3 Å². The maximum absolute atomic E-state index is 14.1. The summed E-state index contributed by atoms with van der Waals surface area (Å²) in [5.41, 5.74) is 0.536. The molecule has 182 valence electrons. The topological polar surface area (TPSA) is 77.1 Å². The quantitative estimate of drug-likeness (QED) is 0.280. The van der Waals surface area contributed by atoms with Crippen LogP contribution in [0.15, 0.2) is 67.0 Å². The molecule has 0 spiro atoms. The molecule has 5 rings (SSSR count). The highest BCUT2D eigenvalue weighted by Crippen LogP contribution is 2.28. The fourth-order valence-corrected chi connectivity index (χ4v) is 4.06. The van der Waals surface area contributed by atoms with Gasteiger partial charge in [-0.25, -0.2) is 22.7 Å². The van der Waals surface area contributed by atoms with Gasteiger partial charge in [-0.3, -0.25) is 9.48 Å². The molecule has 1 amide bonds. The van der Waals surface area contributed by atoms with Crippen LogP contribution in [0.25, 0.3) is 16.9 Å². The number of hydrogen-bond acceptors (Lipinski definition) is 4. The fourth-order valence-electron chi connectivity index (χ4n) is 3.64. The molecule has 2 aromatic carbocycles. The molecular formula is C24H15Cl2F3N6O. The SMILES string of the molecule is O=C(Nc1nn(Cc2c(F)cccc2Cl)cc1Cl)c1cnn2c(C(F)F)cc(-c3ccccc3)nc12. The first-order valence-corrected chi connectivity index (χ1v) is 11.3. The Morgan fingerprint density at radius 2 is 1.83 bits per heavy atom. The van der Waals surface area contributed by atoms with Gasteiger partial charge in [-0.05, 0) is 18.2 Å². The molecule has 0 aliphatic rings. The molecule has 0 aliphatic carbocycles. The average Bonchev–Trinajstić information content (AvgIpc) is 3.44. The van der Waals surface area contributed by atoms with E-state index in [9.17, 15) is 18.0 Å². The molecule has 0 atom stereocenters. The summed E-state index contributed by atoms with van der Waals surface area (Å²) in [6.45, 7) is -0.0302. The Kier molecular flexibility index (Phi) is 6.38. The molecule has 7 nitrogen and oxygen atoms in total. The normalized spacial score (nSPS) is 11.4. The van der Waals surface area contributed by atoms with E-state index < -0.39 is 23.8 Å². The van der Waals surface area contributed by atoms with Crippen molar-refractivity contribution in [3.8, 4) is 11.3 Å². The molecule has 0 unspecified atom stereocenters. The van der Waals surface area contributed by atoms with Crippen molar-refractivity contribution < 1.29 is 18.0 Å². The first-order valence-electron chi connectivity index (χ1n) is 10.5. The molecule has 5 aromatic rings. The van der Waals surface area contributed by atoms with E-state index >= 15 is 0 Å². The van der Waals surface area contributed by atoms with Crippen LogP contribution in [0.1, 0.15) is 28.0 Å². The van der Waals surface area contributed by atoms with Gasteiger partial charge in [-0.1, -0.05) is 59.6 Å². The number of carbonyl (C=O) groups is 1. The van der Waals surface area contributed by atoms with Crippen molar-refractivity contribution in [3.05, 3.63) is 99.7 Å². The number of carbonyl (C=O) groups excluding carboxylic acids is 1. The number of nitrogens with zero attached hydrogens (tertiary/aromatic N) is 5. The van der Waals surface area contributed by atoms with Crippen LogP contribution in [0, 0.1) is 5.82 Å². The van der Waals surface area contributed by atoms with Crippen molar-refractivity contribution in [2.75, 3.05) is 5.32 Å². The standard InChI is InChI=1S/C24H15Cl2F3N6O/c25-16-7-4-8-18(27)15(16)11-34-12-17(26)22(33-34)32-24(36)14-10-30-35-20(21(28)29)9-19(31-23(14)35)13-5-2-1-3-6-13/h1-10,12,21H,11H2,(H,32,33,36). The summed E-state index contributed by atoms with van der Waals surface area (Å²) < 4.78 is 43.9. The number of aromatic nitrogens is 5. The van der Waals surface area contributed by atoms with Gasteiger partial charge in [0.05, 0.1) is 18.4 Å². The first-order chi connectivity index (χ1) is 17.3. The third-order valence-corrected chi connectivity index (χ3v) is 6.00. The number of alkyl halides is 2. The molecule has 0 bridgehead atoms. The second-order valence-electron chi connectivity index (χ2n) is 7.70. The minimum absolute atomic E-state index is 0.0122. The molecule has 3 aromatic heterocycles. The Bertz CT molecular complexity index is 1570. The van der Waals surface area contributed by atoms with Gasteiger partial charge in [0, 0.05) is 22.3 Å². The number of benzene rings is 2. The second kappa shape index (κ2) is 9.63. The smallest absolute Gasteiger partial charge is 0.280 e. The Labute approximate surface area is 212 Å². The van der Waals surface area contributed by atoms with E-state index in [0.717, 1.165) is 10.7 Å². The third-order valence-electron chi connectivity index (χ3n) is 5.37. The highest BCUT2D eigenvalue weighted by molar-refractivity contribution is 6.33. The summed E-state index contributed by atoms with van der Waals surface area (Å²) in [5.74, 6) is -1.23. The zero-order valence-electron chi connectivity index (χ0n) is 18.2. The number of rotatable bonds is 6. The molecule has 36 heavy (non-hydrogen) atoms. The van der Waals surface area contributed by atoms with Gasteiger partial charge < -0.3 is 5.32 Å². The first kappa shape index (κ1) is 23.8. The van der Waals surface area contributed by atoms with Gasteiger partial charge in [0.2, 0.25) is 0 Å². The van der Waals surface area contributed by atoms with Crippen molar-refractivity contribution in [1.82, 2.24) is 24.4 Å². The van der Waals surface area contributed by atoms with Gasteiger partial charge in [0.1, 0.15) is 22.1 Å². The van der Waals surface area contributed by atoms with Gasteiger partial charge >= 0.3 is 0 Å². The van der Waals surface area contributed by atoms with Crippen LogP contribution in [-0.2, 0) is 6.54 Å². The lowest BCUT2D eigenvalue weighted by atomic mass is 10.1. The van der Waals surface area contributed by atoms with Crippen LogP contribution < -0.4 is 5.32 Å². The predicted octanol–water partition coefficient (Wildman–Crippen LogP) is 6.28. The maximum atomic E-state index is 14.1. The number of halogens is 5. The van der Waals surface area contributed by atoms with E-state index in [2.05, 4.69) is 20.5 Å². The lowest BCUT2D eigenvalue weighted by Crippen LogP contribution is -2.14. The molecule has 0 aliphatic heterocycles. The minimum Gasteiger partial charge on any atom is -0.304 e. The Morgan fingerprint density at radius 1 is 1.06 bits per heavy atom. The minimum atomic E-state index is -2.86. The highest BCUT2D eigenvalue weighted by Gasteiger charge is 2.23. The van der Waals surface area contributed by atoms with Crippen LogP contribution in [0.5, 0.6) is 0 Å².